The SMILES string of the molecule is CC(Nc1cc2c(cc1[N+](=O)[O-])n(C)c(=O)c(=O)n2C)c1ccccc1. The molecule has 0 fully saturated rings. The van der Waals surface area contributed by atoms with E-state index in [9.17, 15) is 19.7 Å². The van der Waals surface area contributed by atoms with E-state index in [4.69, 9.17) is 0 Å². The number of fused-ring (bicyclic) bond motifs is 1. The Balaban J connectivity index is 2.21. The van der Waals surface area contributed by atoms with Crippen molar-refractivity contribution in [1.82, 2.24) is 9.13 Å². The van der Waals surface area contributed by atoms with Crippen LogP contribution in [0.5, 0.6) is 0 Å². The van der Waals surface area contributed by atoms with E-state index in [1.165, 1.54) is 30.8 Å². The van der Waals surface area contributed by atoms with E-state index in [0.29, 0.717) is 11.0 Å². The Hall–Kier alpha value is -3.42. The summed E-state index contributed by atoms with van der Waals surface area (Å²) in [6, 6.07) is 12.2. The fraction of sp³-hybridized carbons (Fsp3) is 0.222. The highest BCUT2D eigenvalue weighted by molar-refractivity contribution is 5.85. The average molecular weight is 354 g/mol. The molecule has 8 nitrogen and oxygen atoms in total. The Bertz CT molecular complexity index is 1120. The highest BCUT2D eigenvalue weighted by atomic mass is 16.6. The third-order valence-corrected chi connectivity index (χ3v) is 4.48. The summed E-state index contributed by atoms with van der Waals surface area (Å²) in [7, 11) is 2.90. The van der Waals surface area contributed by atoms with Crippen LogP contribution in [0.2, 0.25) is 0 Å². The summed E-state index contributed by atoms with van der Waals surface area (Å²) in [4.78, 5) is 35.1. The van der Waals surface area contributed by atoms with Gasteiger partial charge in [-0.15, -0.1) is 0 Å². The van der Waals surface area contributed by atoms with Crippen LogP contribution in [0, 0.1) is 10.1 Å². The summed E-state index contributed by atoms with van der Waals surface area (Å²) in [5.41, 5.74) is 0.438. The van der Waals surface area contributed by atoms with Crippen LogP contribution < -0.4 is 16.4 Å². The molecule has 3 aromatic rings. The van der Waals surface area contributed by atoms with E-state index < -0.39 is 16.0 Å². The second-order valence-electron chi connectivity index (χ2n) is 6.12. The average Bonchev–Trinajstić information content (AvgIpc) is 2.64. The first kappa shape index (κ1) is 17.4. The number of benzene rings is 2. The Labute approximate surface area is 148 Å². The first-order chi connectivity index (χ1) is 12.3. The second kappa shape index (κ2) is 6.47. The maximum absolute atomic E-state index is 12.1. The van der Waals surface area contributed by atoms with Gasteiger partial charge in [-0.3, -0.25) is 19.7 Å². The van der Waals surface area contributed by atoms with E-state index in [-0.39, 0.29) is 17.4 Å². The lowest BCUT2D eigenvalue weighted by molar-refractivity contribution is -0.383. The summed E-state index contributed by atoms with van der Waals surface area (Å²) in [6.45, 7) is 1.89. The van der Waals surface area contributed by atoms with Crippen LogP contribution in [-0.4, -0.2) is 14.1 Å². The molecule has 1 aromatic heterocycles. The van der Waals surface area contributed by atoms with Crippen molar-refractivity contribution < 1.29 is 4.92 Å². The first-order valence-electron chi connectivity index (χ1n) is 8.01. The van der Waals surface area contributed by atoms with Crippen molar-refractivity contribution in [3.05, 3.63) is 78.8 Å². The number of aryl methyl sites for hydroxylation is 2. The number of nitro groups is 1. The van der Waals surface area contributed by atoms with Crippen molar-refractivity contribution in [1.29, 1.82) is 0 Å². The van der Waals surface area contributed by atoms with Crippen LogP contribution in [-0.2, 0) is 14.1 Å². The predicted molar refractivity (Wildman–Crippen MR) is 99.6 cm³/mol. The summed E-state index contributed by atoms with van der Waals surface area (Å²) in [5, 5.41) is 14.7. The second-order valence-corrected chi connectivity index (χ2v) is 6.12. The summed E-state index contributed by atoms with van der Waals surface area (Å²) >= 11 is 0. The summed E-state index contributed by atoms with van der Waals surface area (Å²) in [5.74, 6) is 0. The van der Waals surface area contributed by atoms with Crippen molar-refractivity contribution in [3.8, 4) is 0 Å². The molecule has 0 radical (unpaired) electrons. The van der Waals surface area contributed by atoms with Crippen LogP contribution in [0.3, 0.4) is 0 Å². The fourth-order valence-electron chi connectivity index (χ4n) is 2.93. The lowest BCUT2D eigenvalue weighted by atomic mass is 10.1. The number of rotatable bonds is 4. The number of aromatic nitrogens is 2. The van der Waals surface area contributed by atoms with Gasteiger partial charge < -0.3 is 14.5 Å². The van der Waals surface area contributed by atoms with Gasteiger partial charge >= 0.3 is 11.1 Å². The van der Waals surface area contributed by atoms with Gasteiger partial charge in [-0.05, 0) is 18.6 Å². The lowest BCUT2D eigenvalue weighted by Gasteiger charge is -2.17. The quantitative estimate of drug-likeness (QED) is 0.440. The normalized spacial score (nSPS) is 12.1. The topological polar surface area (TPSA) is 99.2 Å². The molecule has 1 unspecified atom stereocenters. The minimum absolute atomic E-state index is 0.158. The van der Waals surface area contributed by atoms with Gasteiger partial charge in [0, 0.05) is 26.2 Å². The molecule has 134 valence electrons. The Morgan fingerprint density at radius 1 is 1.00 bits per heavy atom. The molecule has 0 aliphatic heterocycles. The highest BCUT2D eigenvalue weighted by Gasteiger charge is 2.20. The van der Waals surface area contributed by atoms with Crippen molar-refractivity contribution in [2.24, 2.45) is 14.1 Å². The Kier molecular flexibility index (Phi) is 4.33. The van der Waals surface area contributed by atoms with Gasteiger partial charge in [0.15, 0.2) is 0 Å². The molecule has 0 aliphatic rings. The molecule has 0 aliphatic carbocycles. The van der Waals surface area contributed by atoms with E-state index in [0.717, 1.165) is 10.1 Å². The van der Waals surface area contributed by atoms with Crippen molar-refractivity contribution >= 4 is 22.4 Å². The van der Waals surface area contributed by atoms with Crippen LogP contribution >= 0.6 is 0 Å². The lowest BCUT2D eigenvalue weighted by Crippen LogP contribution is -2.39. The highest BCUT2D eigenvalue weighted by Crippen LogP contribution is 2.31. The monoisotopic (exact) mass is 354 g/mol. The van der Waals surface area contributed by atoms with Gasteiger partial charge in [-0.1, -0.05) is 30.3 Å². The Morgan fingerprint density at radius 3 is 2.08 bits per heavy atom. The molecule has 0 saturated heterocycles. The number of hydrogen-bond acceptors (Lipinski definition) is 5. The predicted octanol–water partition coefficient (Wildman–Crippen LogP) is 2.32. The number of nitro benzene ring substituents is 1. The number of hydrogen-bond donors (Lipinski definition) is 1. The molecule has 1 N–H and O–H groups in total. The fourth-order valence-corrected chi connectivity index (χ4v) is 2.93. The molecule has 8 heteroatoms. The van der Waals surface area contributed by atoms with Gasteiger partial charge in [0.05, 0.1) is 16.0 Å². The van der Waals surface area contributed by atoms with Crippen molar-refractivity contribution in [2.45, 2.75) is 13.0 Å². The maximum atomic E-state index is 12.1. The molecule has 26 heavy (non-hydrogen) atoms. The summed E-state index contributed by atoms with van der Waals surface area (Å²) < 4.78 is 2.34. The standard InChI is InChI=1S/C18H18N4O4/c1-11(12-7-5-4-6-8-12)19-13-9-15-16(10-14(13)22(25)26)21(3)18(24)17(23)20(15)2/h4-11,19H,1-3H3. The zero-order valence-corrected chi connectivity index (χ0v) is 14.6. The number of anilines is 1. The number of nitrogens with zero attached hydrogens (tertiary/aromatic N) is 3. The number of nitrogens with one attached hydrogen (secondary N) is 1. The molecule has 3 rings (SSSR count). The largest absolute Gasteiger partial charge is 0.373 e. The first-order valence-corrected chi connectivity index (χ1v) is 8.01. The minimum Gasteiger partial charge on any atom is -0.373 e. The molecule has 1 atom stereocenters. The molecular weight excluding hydrogens is 336 g/mol. The van der Waals surface area contributed by atoms with Crippen molar-refractivity contribution in [2.75, 3.05) is 5.32 Å². The minimum atomic E-state index is -0.729. The summed E-state index contributed by atoms with van der Waals surface area (Å²) in [6.07, 6.45) is 0. The van der Waals surface area contributed by atoms with Gasteiger partial charge in [-0.2, -0.15) is 0 Å². The van der Waals surface area contributed by atoms with Crippen LogP contribution in [0.25, 0.3) is 11.0 Å². The molecule has 0 spiro atoms. The van der Waals surface area contributed by atoms with Gasteiger partial charge in [0.1, 0.15) is 5.69 Å². The van der Waals surface area contributed by atoms with Crippen LogP contribution in [0.1, 0.15) is 18.5 Å². The third-order valence-electron chi connectivity index (χ3n) is 4.48. The molecule has 2 aromatic carbocycles. The maximum Gasteiger partial charge on any atom is 0.316 e. The van der Waals surface area contributed by atoms with E-state index >= 15 is 0 Å². The zero-order chi connectivity index (χ0) is 19.0. The molecular formula is C18H18N4O4. The van der Waals surface area contributed by atoms with Gasteiger partial charge in [0.25, 0.3) is 5.69 Å². The zero-order valence-electron chi connectivity index (χ0n) is 14.6. The van der Waals surface area contributed by atoms with E-state index in [1.54, 1.807) is 0 Å². The van der Waals surface area contributed by atoms with Crippen LogP contribution in [0.4, 0.5) is 11.4 Å². The molecule has 0 amide bonds. The van der Waals surface area contributed by atoms with Crippen molar-refractivity contribution in [3.63, 3.8) is 0 Å². The van der Waals surface area contributed by atoms with E-state index in [2.05, 4.69) is 5.32 Å². The van der Waals surface area contributed by atoms with E-state index in [1.807, 2.05) is 37.3 Å². The van der Waals surface area contributed by atoms with Crippen LogP contribution in [0.15, 0.2) is 52.1 Å². The molecule has 1 heterocycles. The van der Waals surface area contributed by atoms with Gasteiger partial charge in [0.2, 0.25) is 0 Å². The smallest absolute Gasteiger partial charge is 0.316 e. The molecule has 0 bridgehead atoms. The third kappa shape index (κ3) is 2.85. The molecule has 0 saturated carbocycles. The van der Waals surface area contributed by atoms with Gasteiger partial charge in [-0.25, -0.2) is 0 Å². The Morgan fingerprint density at radius 2 is 1.54 bits per heavy atom.